The van der Waals surface area contributed by atoms with Crippen LogP contribution in [0.25, 0.3) is 0 Å². The van der Waals surface area contributed by atoms with E-state index in [4.69, 9.17) is 4.74 Å². The molecular weight excluding hydrogens is 272 g/mol. The molecule has 7 heteroatoms. The van der Waals surface area contributed by atoms with Gasteiger partial charge in [0.05, 0.1) is 13.2 Å². The Morgan fingerprint density at radius 2 is 1.86 bits per heavy atom. The molecule has 1 fully saturated rings. The predicted molar refractivity (Wildman–Crippen MR) is 81.2 cm³/mol. The average molecular weight is 300 g/mol. The van der Waals surface area contributed by atoms with Crippen LogP contribution < -0.4 is 5.32 Å². The molecule has 1 aliphatic heterocycles. The molecule has 1 rings (SSSR count). The third-order valence-corrected chi connectivity index (χ3v) is 3.37. The molecule has 0 aromatic carbocycles. The number of hydrogen-bond acceptors (Lipinski definition) is 5. The number of hydrogen-bond donors (Lipinski definition) is 1. The van der Waals surface area contributed by atoms with Gasteiger partial charge in [-0.15, -0.1) is 0 Å². The van der Waals surface area contributed by atoms with Gasteiger partial charge in [0.1, 0.15) is 0 Å². The van der Waals surface area contributed by atoms with Crippen LogP contribution in [0.3, 0.4) is 0 Å². The monoisotopic (exact) mass is 300 g/mol. The molecule has 0 aromatic heterocycles. The van der Waals surface area contributed by atoms with Crippen LogP contribution in [0.1, 0.15) is 13.3 Å². The highest BCUT2D eigenvalue weighted by Crippen LogP contribution is 2.03. The summed E-state index contributed by atoms with van der Waals surface area (Å²) < 4.78 is 4.97. The van der Waals surface area contributed by atoms with Crippen molar-refractivity contribution in [2.24, 2.45) is 0 Å². The number of nitrogens with one attached hydrogen (secondary N) is 1. The van der Waals surface area contributed by atoms with E-state index >= 15 is 0 Å². The highest BCUT2D eigenvalue weighted by molar-refractivity contribution is 5.78. The summed E-state index contributed by atoms with van der Waals surface area (Å²) in [4.78, 5) is 29.2. The van der Waals surface area contributed by atoms with E-state index in [1.165, 1.54) is 0 Å². The van der Waals surface area contributed by atoms with E-state index in [0.717, 1.165) is 13.0 Å². The minimum atomic E-state index is -0.259. The first-order valence-electron chi connectivity index (χ1n) is 7.58. The van der Waals surface area contributed by atoms with Crippen LogP contribution in [0.5, 0.6) is 0 Å². The summed E-state index contributed by atoms with van der Waals surface area (Å²) in [6.45, 7) is 6.94. The first kappa shape index (κ1) is 17.7. The van der Waals surface area contributed by atoms with Crippen molar-refractivity contribution in [1.29, 1.82) is 0 Å². The van der Waals surface area contributed by atoms with Gasteiger partial charge in [0.2, 0.25) is 5.91 Å². The molecule has 0 saturated carbocycles. The molecule has 122 valence electrons. The second-order valence-corrected chi connectivity index (χ2v) is 5.47. The lowest BCUT2D eigenvalue weighted by Gasteiger charge is -2.33. The summed E-state index contributed by atoms with van der Waals surface area (Å²) in [5, 5.41) is 2.93. The quantitative estimate of drug-likeness (QED) is 0.661. The van der Waals surface area contributed by atoms with Crippen molar-refractivity contribution in [3.63, 3.8) is 0 Å². The van der Waals surface area contributed by atoms with Crippen molar-refractivity contribution in [2.75, 3.05) is 66.5 Å². The Balaban J connectivity index is 2.14. The first-order chi connectivity index (χ1) is 10.0. The molecule has 2 amide bonds. The van der Waals surface area contributed by atoms with Gasteiger partial charge in [0.25, 0.3) is 0 Å². The number of ether oxygens (including phenoxy) is 1. The SMILES string of the molecule is CCOC(=O)N1CCN(CC(=O)NCCCN(C)C)CC1. The Labute approximate surface area is 127 Å². The van der Waals surface area contributed by atoms with Crippen LogP contribution in [0, 0.1) is 0 Å². The zero-order valence-electron chi connectivity index (χ0n) is 13.4. The van der Waals surface area contributed by atoms with Crippen LogP contribution in [-0.2, 0) is 9.53 Å². The molecule has 0 aliphatic carbocycles. The van der Waals surface area contributed by atoms with Crippen molar-refractivity contribution >= 4 is 12.0 Å². The zero-order valence-corrected chi connectivity index (χ0v) is 13.4. The molecule has 21 heavy (non-hydrogen) atoms. The van der Waals surface area contributed by atoms with Gasteiger partial charge in [-0.05, 0) is 34.0 Å². The van der Waals surface area contributed by atoms with Crippen LogP contribution in [0.15, 0.2) is 0 Å². The third kappa shape index (κ3) is 7.29. The fourth-order valence-corrected chi connectivity index (χ4v) is 2.19. The van der Waals surface area contributed by atoms with Crippen molar-refractivity contribution in [3.05, 3.63) is 0 Å². The smallest absolute Gasteiger partial charge is 0.409 e. The highest BCUT2D eigenvalue weighted by atomic mass is 16.6. The number of amides is 2. The van der Waals surface area contributed by atoms with Gasteiger partial charge in [0.15, 0.2) is 0 Å². The van der Waals surface area contributed by atoms with Crippen LogP contribution in [0.4, 0.5) is 4.79 Å². The van der Waals surface area contributed by atoms with Gasteiger partial charge in [-0.1, -0.05) is 0 Å². The topological polar surface area (TPSA) is 65.1 Å². The van der Waals surface area contributed by atoms with E-state index in [2.05, 4.69) is 15.1 Å². The van der Waals surface area contributed by atoms with Crippen LogP contribution in [0.2, 0.25) is 0 Å². The number of nitrogens with zero attached hydrogens (tertiary/aromatic N) is 3. The van der Waals surface area contributed by atoms with E-state index in [1.807, 2.05) is 14.1 Å². The number of piperazine rings is 1. The Morgan fingerprint density at radius 3 is 2.43 bits per heavy atom. The minimum Gasteiger partial charge on any atom is -0.450 e. The summed E-state index contributed by atoms with van der Waals surface area (Å²) in [5.41, 5.74) is 0. The summed E-state index contributed by atoms with van der Waals surface area (Å²) in [7, 11) is 4.04. The molecule has 0 atom stereocenters. The van der Waals surface area contributed by atoms with Crippen LogP contribution >= 0.6 is 0 Å². The Hall–Kier alpha value is -1.34. The van der Waals surface area contributed by atoms with Crippen molar-refractivity contribution < 1.29 is 14.3 Å². The predicted octanol–water partition coefficient (Wildman–Crippen LogP) is -0.172. The first-order valence-corrected chi connectivity index (χ1v) is 7.58. The summed E-state index contributed by atoms with van der Waals surface area (Å²) in [5.74, 6) is 0.0540. The van der Waals surface area contributed by atoms with E-state index in [0.29, 0.717) is 45.9 Å². The molecule has 0 spiro atoms. The van der Waals surface area contributed by atoms with Gasteiger partial charge in [0, 0.05) is 32.7 Å². The molecule has 7 nitrogen and oxygen atoms in total. The van der Waals surface area contributed by atoms with Crippen molar-refractivity contribution in [2.45, 2.75) is 13.3 Å². The van der Waals surface area contributed by atoms with E-state index in [9.17, 15) is 9.59 Å². The van der Waals surface area contributed by atoms with Gasteiger partial charge in [-0.25, -0.2) is 4.79 Å². The largest absolute Gasteiger partial charge is 0.450 e. The maximum absolute atomic E-state index is 11.8. The average Bonchev–Trinajstić information content (AvgIpc) is 2.44. The van der Waals surface area contributed by atoms with E-state index in [-0.39, 0.29) is 12.0 Å². The molecule has 1 N–H and O–H groups in total. The molecule has 1 heterocycles. The molecule has 0 bridgehead atoms. The summed E-state index contributed by atoms with van der Waals surface area (Å²) in [6, 6.07) is 0. The molecule has 0 unspecified atom stereocenters. The van der Waals surface area contributed by atoms with Gasteiger partial charge in [-0.2, -0.15) is 0 Å². The van der Waals surface area contributed by atoms with Gasteiger partial charge in [-0.3, -0.25) is 9.69 Å². The fourth-order valence-electron chi connectivity index (χ4n) is 2.19. The highest BCUT2D eigenvalue weighted by Gasteiger charge is 2.22. The minimum absolute atomic E-state index is 0.0540. The third-order valence-electron chi connectivity index (χ3n) is 3.37. The maximum atomic E-state index is 11.8. The molecule has 0 radical (unpaired) electrons. The van der Waals surface area contributed by atoms with Gasteiger partial charge < -0.3 is 19.9 Å². The van der Waals surface area contributed by atoms with E-state index in [1.54, 1.807) is 11.8 Å². The second kappa shape index (κ2) is 9.57. The summed E-state index contributed by atoms with van der Waals surface area (Å²) in [6.07, 6.45) is 0.695. The van der Waals surface area contributed by atoms with Gasteiger partial charge >= 0.3 is 6.09 Å². The van der Waals surface area contributed by atoms with E-state index < -0.39 is 0 Å². The summed E-state index contributed by atoms with van der Waals surface area (Å²) >= 11 is 0. The lowest BCUT2D eigenvalue weighted by Crippen LogP contribution is -2.51. The standard InChI is InChI=1S/C14H28N4O3/c1-4-21-14(20)18-10-8-17(9-11-18)12-13(19)15-6-5-7-16(2)3/h4-12H2,1-3H3,(H,15,19). The number of carbonyl (C=O) groups excluding carboxylic acids is 2. The molecule has 1 saturated heterocycles. The number of rotatable bonds is 7. The van der Waals surface area contributed by atoms with Crippen molar-refractivity contribution in [3.8, 4) is 0 Å². The lowest BCUT2D eigenvalue weighted by atomic mass is 10.3. The zero-order chi connectivity index (χ0) is 15.7. The van der Waals surface area contributed by atoms with Crippen LogP contribution in [-0.4, -0.2) is 93.2 Å². The number of carbonyl (C=O) groups is 2. The Bertz CT molecular complexity index is 328. The maximum Gasteiger partial charge on any atom is 0.409 e. The van der Waals surface area contributed by atoms with Crippen molar-refractivity contribution in [1.82, 2.24) is 20.0 Å². The molecule has 1 aliphatic rings. The second-order valence-electron chi connectivity index (χ2n) is 5.47. The molecular formula is C14H28N4O3. The Kier molecular flexibility index (Phi) is 8.07. The lowest BCUT2D eigenvalue weighted by molar-refractivity contribution is -0.122. The normalized spacial score (nSPS) is 16.1. The molecule has 0 aromatic rings. The fraction of sp³-hybridized carbons (Fsp3) is 0.857. The Morgan fingerprint density at radius 1 is 1.19 bits per heavy atom.